The molecule has 0 unspecified atom stereocenters. The zero-order valence-electron chi connectivity index (χ0n) is 14.0. The summed E-state index contributed by atoms with van der Waals surface area (Å²) in [5.41, 5.74) is 6.92. The Hall–Kier alpha value is -3.62. The second-order valence-electron chi connectivity index (χ2n) is 5.96. The van der Waals surface area contributed by atoms with E-state index >= 15 is 0 Å². The normalized spacial score (nSPS) is 12.7. The molecule has 9 heteroatoms. The van der Waals surface area contributed by atoms with Crippen LogP contribution in [0, 0.1) is 0 Å². The van der Waals surface area contributed by atoms with Crippen molar-refractivity contribution in [2.45, 2.75) is 6.42 Å². The van der Waals surface area contributed by atoms with Crippen molar-refractivity contribution in [1.82, 2.24) is 25.2 Å². The number of carbonyl (C=O) groups is 1. The number of carboxylic acid groups (broad SMARTS) is 1. The number of aryl methyl sites for hydroxylation is 1. The first-order valence-electron chi connectivity index (χ1n) is 8.07. The van der Waals surface area contributed by atoms with Gasteiger partial charge in [0.05, 0.1) is 23.3 Å². The van der Waals surface area contributed by atoms with Crippen LogP contribution in [0.3, 0.4) is 0 Å². The summed E-state index contributed by atoms with van der Waals surface area (Å²) in [4.78, 5) is 19.7. The maximum atomic E-state index is 10.9. The third kappa shape index (κ3) is 3.14. The minimum atomic E-state index is -1.07. The summed E-state index contributed by atoms with van der Waals surface area (Å²) in [6.07, 6.45) is 4.95. The van der Waals surface area contributed by atoms with Crippen molar-refractivity contribution >= 4 is 23.4 Å². The van der Waals surface area contributed by atoms with Crippen LogP contribution in [-0.4, -0.2) is 37.5 Å². The van der Waals surface area contributed by atoms with Gasteiger partial charge in [0, 0.05) is 31.5 Å². The number of anilines is 3. The zero-order chi connectivity index (χ0) is 18.1. The second-order valence-corrected chi connectivity index (χ2v) is 5.96. The summed E-state index contributed by atoms with van der Waals surface area (Å²) >= 11 is 0. The Morgan fingerprint density at radius 1 is 1.31 bits per heavy atom. The van der Waals surface area contributed by atoms with E-state index in [-0.39, 0.29) is 0 Å². The van der Waals surface area contributed by atoms with Crippen LogP contribution in [0.4, 0.5) is 22.1 Å². The molecule has 0 saturated carbocycles. The van der Waals surface area contributed by atoms with E-state index < -0.39 is 6.09 Å². The summed E-state index contributed by atoms with van der Waals surface area (Å²) < 4.78 is 1.70. The zero-order valence-corrected chi connectivity index (χ0v) is 14.0. The highest BCUT2D eigenvalue weighted by molar-refractivity contribution is 5.73. The monoisotopic (exact) mass is 351 g/mol. The molecule has 3 N–H and O–H groups in total. The van der Waals surface area contributed by atoms with Crippen molar-refractivity contribution in [2.24, 2.45) is 7.05 Å². The predicted octanol–water partition coefficient (Wildman–Crippen LogP) is 2.17. The Kier molecular flexibility index (Phi) is 3.88. The summed E-state index contributed by atoms with van der Waals surface area (Å²) in [6, 6.07) is 7.72. The Labute approximate surface area is 149 Å². The topological polar surface area (TPSA) is 108 Å². The van der Waals surface area contributed by atoms with Crippen molar-refractivity contribution in [2.75, 3.05) is 16.9 Å². The van der Waals surface area contributed by atoms with E-state index in [0.717, 1.165) is 34.6 Å². The van der Waals surface area contributed by atoms with E-state index in [9.17, 15) is 4.79 Å². The lowest BCUT2D eigenvalue weighted by molar-refractivity contribution is 0.193. The molecule has 2 aromatic heterocycles. The van der Waals surface area contributed by atoms with Crippen LogP contribution in [0.1, 0.15) is 5.56 Å². The summed E-state index contributed by atoms with van der Waals surface area (Å²) in [6.45, 7) is 0.614. The molecular weight excluding hydrogens is 334 g/mol. The summed E-state index contributed by atoms with van der Waals surface area (Å²) in [5, 5.41) is 17.8. The minimum Gasteiger partial charge on any atom is -0.464 e. The van der Waals surface area contributed by atoms with Crippen LogP contribution in [0.5, 0.6) is 0 Å². The van der Waals surface area contributed by atoms with Crippen LogP contribution < -0.4 is 15.8 Å². The van der Waals surface area contributed by atoms with Crippen LogP contribution in [0.2, 0.25) is 0 Å². The van der Waals surface area contributed by atoms with E-state index in [1.807, 2.05) is 37.5 Å². The molecule has 0 saturated heterocycles. The van der Waals surface area contributed by atoms with Crippen molar-refractivity contribution in [3.8, 4) is 11.3 Å². The van der Waals surface area contributed by atoms with E-state index in [1.54, 1.807) is 22.1 Å². The Bertz CT molecular complexity index is 969. The highest BCUT2D eigenvalue weighted by atomic mass is 16.4. The molecule has 26 heavy (non-hydrogen) atoms. The minimum absolute atomic E-state index is 0.491. The molecule has 4 rings (SSSR count). The number of benzene rings is 1. The first-order valence-corrected chi connectivity index (χ1v) is 8.07. The quantitative estimate of drug-likeness (QED) is 0.661. The largest absolute Gasteiger partial charge is 0.464 e. The van der Waals surface area contributed by atoms with Crippen LogP contribution in [0.25, 0.3) is 11.3 Å². The number of hydrazine groups is 1. The average Bonchev–Trinajstić information content (AvgIpc) is 3.20. The standard InChI is InChI=1S/C17H17N7O2/c1-23-10-13(9-19-23)20-16-18-6-4-14(21-16)11-2-3-15-12(8-11)5-7-24(15)22-17(25)26/h2-4,6,8-10,22H,5,7H2,1H3,(H,25,26)(H,18,20,21). The average molecular weight is 351 g/mol. The summed E-state index contributed by atoms with van der Waals surface area (Å²) in [7, 11) is 1.84. The molecule has 0 radical (unpaired) electrons. The maximum Gasteiger partial charge on any atom is 0.423 e. The molecule has 0 aliphatic carbocycles. The highest BCUT2D eigenvalue weighted by Gasteiger charge is 2.21. The maximum absolute atomic E-state index is 10.9. The van der Waals surface area contributed by atoms with Gasteiger partial charge in [-0.05, 0) is 30.2 Å². The molecule has 0 bridgehead atoms. The lowest BCUT2D eigenvalue weighted by Crippen LogP contribution is -2.40. The second kappa shape index (κ2) is 6.36. The molecule has 3 heterocycles. The molecule has 0 atom stereocenters. The number of amides is 1. The van der Waals surface area contributed by atoms with Crippen LogP contribution in [-0.2, 0) is 13.5 Å². The lowest BCUT2D eigenvalue weighted by Gasteiger charge is -2.18. The van der Waals surface area contributed by atoms with Gasteiger partial charge in [-0.1, -0.05) is 6.07 Å². The number of aromatic nitrogens is 4. The number of hydrogen-bond donors (Lipinski definition) is 3. The predicted molar refractivity (Wildman–Crippen MR) is 96.2 cm³/mol. The highest BCUT2D eigenvalue weighted by Crippen LogP contribution is 2.31. The molecule has 1 aromatic carbocycles. The SMILES string of the molecule is Cn1cc(Nc2nccc(-c3ccc4c(c3)CCN4NC(=O)O)n2)cn1. The summed E-state index contributed by atoms with van der Waals surface area (Å²) in [5.74, 6) is 0.491. The van der Waals surface area contributed by atoms with Gasteiger partial charge in [0.25, 0.3) is 0 Å². The smallest absolute Gasteiger partial charge is 0.423 e. The van der Waals surface area contributed by atoms with E-state index in [1.165, 1.54) is 0 Å². The number of hydrogen-bond acceptors (Lipinski definition) is 6. The first kappa shape index (κ1) is 15.9. The van der Waals surface area contributed by atoms with Crippen molar-refractivity contribution in [3.05, 3.63) is 48.4 Å². The molecule has 1 amide bonds. The third-order valence-electron chi connectivity index (χ3n) is 4.12. The van der Waals surface area contributed by atoms with E-state index in [2.05, 4.69) is 25.8 Å². The molecule has 1 aliphatic heterocycles. The first-order chi connectivity index (χ1) is 12.6. The third-order valence-corrected chi connectivity index (χ3v) is 4.12. The molecule has 0 fully saturated rings. The van der Waals surface area contributed by atoms with Gasteiger partial charge in [-0.25, -0.2) is 20.2 Å². The van der Waals surface area contributed by atoms with Gasteiger partial charge in [-0.2, -0.15) is 5.10 Å². The van der Waals surface area contributed by atoms with Gasteiger partial charge in [0.15, 0.2) is 0 Å². The van der Waals surface area contributed by atoms with Gasteiger partial charge in [0.1, 0.15) is 0 Å². The Morgan fingerprint density at radius 2 is 2.19 bits per heavy atom. The van der Waals surface area contributed by atoms with Crippen LogP contribution >= 0.6 is 0 Å². The van der Waals surface area contributed by atoms with E-state index in [4.69, 9.17) is 5.11 Å². The van der Waals surface area contributed by atoms with Gasteiger partial charge in [-0.3, -0.25) is 9.69 Å². The molecule has 3 aromatic rings. The Balaban J connectivity index is 1.58. The van der Waals surface area contributed by atoms with Gasteiger partial charge < -0.3 is 10.4 Å². The molecular formula is C17H17N7O2. The fourth-order valence-corrected chi connectivity index (χ4v) is 2.99. The fraction of sp³-hybridized carbons (Fsp3) is 0.176. The molecule has 132 valence electrons. The van der Waals surface area contributed by atoms with Gasteiger partial charge >= 0.3 is 6.09 Å². The number of nitrogens with one attached hydrogen (secondary N) is 2. The van der Waals surface area contributed by atoms with Crippen molar-refractivity contribution in [1.29, 1.82) is 0 Å². The van der Waals surface area contributed by atoms with Gasteiger partial charge in [-0.15, -0.1) is 0 Å². The fourth-order valence-electron chi connectivity index (χ4n) is 2.99. The number of rotatable bonds is 4. The number of fused-ring (bicyclic) bond motifs is 1. The molecule has 1 aliphatic rings. The van der Waals surface area contributed by atoms with E-state index in [0.29, 0.717) is 12.5 Å². The molecule has 0 spiro atoms. The Morgan fingerprint density at radius 3 is 2.96 bits per heavy atom. The van der Waals surface area contributed by atoms with Gasteiger partial charge in [0.2, 0.25) is 5.95 Å². The van der Waals surface area contributed by atoms with Crippen LogP contribution in [0.15, 0.2) is 42.9 Å². The van der Waals surface area contributed by atoms with Crippen molar-refractivity contribution < 1.29 is 9.90 Å². The molecule has 9 nitrogen and oxygen atoms in total. The lowest BCUT2D eigenvalue weighted by atomic mass is 10.1. The van der Waals surface area contributed by atoms with Crippen molar-refractivity contribution in [3.63, 3.8) is 0 Å². The number of nitrogens with zero attached hydrogens (tertiary/aromatic N) is 5.